The summed E-state index contributed by atoms with van der Waals surface area (Å²) in [6.45, 7) is 3.55. The Morgan fingerprint density at radius 2 is 1.67 bits per heavy atom. The van der Waals surface area contributed by atoms with Crippen molar-refractivity contribution in [1.82, 2.24) is 10.1 Å². The summed E-state index contributed by atoms with van der Waals surface area (Å²) in [5.74, 6) is 0. The number of carbonyl (C=O) groups excluding carboxylic acids is 1. The Kier molecular flexibility index (Phi) is 6.90. The van der Waals surface area contributed by atoms with E-state index in [1.807, 2.05) is 0 Å². The Bertz CT molecular complexity index is 1120. The van der Waals surface area contributed by atoms with Crippen molar-refractivity contribution in [3.8, 4) is 0 Å². The smallest absolute Gasteiger partial charge is 0.306 e. The van der Waals surface area contributed by atoms with E-state index in [1.54, 1.807) is 13.8 Å². The van der Waals surface area contributed by atoms with Crippen molar-refractivity contribution < 1.29 is 19.8 Å². The minimum absolute atomic E-state index is 0.0668. The SMILES string of the molecule is CC1(C)SC(=S)N(/N=C\c2ccc([N+](=O)[O-])cc2)[C@H]1N(O)C(=O)Nc1ccc([N+](=O)[O-])cc1. The number of nitro groups is 2. The van der Waals surface area contributed by atoms with Gasteiger partial charge in [-0.2, -0.15) is 10.2 Å². The zero-order valence-corrected chi connectivity index (χ0v) is 18.9. The molecule has 1 saturated heterocycles. The van der Waals surface area contributed by atoms with Gasteiger partial charge < -0.3 is 5.32 Å². The molecule has 2 amide bonds. The van der Waals surface area contributed by atoms with E-state index in [0.29, 0.717) is 14.9 Å². The Labute approximate surface area is 197 Å². The van der Waals surface area contributed by atoms with Crippen molar-refractivity contribution in [3.05, 3.63) is 74.3 Å². The highest BCUT2D eigenvalue weighted by Crippen LogP contribution is 2.42. The Morgan fingerprint density at radius 3 is 2.18 bits per heavy atom. The lowest BCUT2D eigenvalue weighted by Gasteiger charge is -2.34. The highest BCUT2D eigenvalue weighted by molar-refractivity contribution is 8.24. The normalized spacial score (nSPS) is 17.2. The predicted octanol–water partition coefficient (Wildman–Crippen LogP) is 4.20. The molecular formula is C19H18N6O6S2. The van der Waals surface area contributed by atoms with Crippen LogP contribution in [0.5, 0.6) is 0 Å². The number of thioether (sulfide) groups is 1. The molecule has 12 nitrogen and oxygen atoms in total. The van der Waals surface area contributed by atoms with E-state index in [0.717, 1.165) is 0 Å². The third-order valence-electron chi connectivity index (χ3n) is 4.60. The maximum atomic E-state index is 12.7. The molecule has 1 aliphatic rings. The van der Waals surface area contributed by atoms with Gasteiger partial charge in [-0.05, 0) is 43.7 Å². The second-order valence-corrected chi connectivity index (χ2v) is 9.65. The molecule has 3 rings (SSSR count). The summed E-state index contributed by atoms with van der Waals surface area (Å²) in [7, 11) is 0. The summed E-state index contributed by atoms with van der Waals surface area (Å²) in [4.78, 5) is 33.2. The molecule has 33 heavy (non-hydrogen) atoms. The van der Waals surface area contributed by atoms with Crippen LogP contribution in [-0.4, -0.2) is 52.6 Å². The van der Waals surface area contributed by atoms with Crippen molar-refractivity contribution in [2.75, 3.05) is 5.32 Å². The number of carbonyl (C=O) groups is 1. The van der Waals surface area contributed by atoms with E-state index >= 15 is 0 Å². The fourth-order valence-electron chi connectivity index (χ4n) is 3.00. The number of hydrazone groups is 1. The maximum Gasteiger partial charge on any atom is 0.347 e. The first-order chi connectivity index (χ1) is 15.5. The zero-order valence-electron chi connectivity index (χ0n) is 17.3. The van der Waals surface area contributed by atoms with Crippen LogP contribution in [0.2, 0.25) is 0 Å². The molecule has 1 atom stereocenters. The molecule has 1 fully saturated rings. The van der Waals surface area contributed by atoms with Crippen molar-refractivity contribution in [2.45, 2.75) is 24.8 Å². The van der Waals surface area contributed by atoms with Crippen molar-refractivity contribution >= 4 is 57.6 Å². The van der Waals surface area contributed by atoms with Gasteiger partial charge in [-0.25, -0.2) is 9.80 Å². The summed E-state index contributed by atoms with van der Waals surface area (Å²) >= 11 is 6.60. The topological polar surface area (TPSA) is 154 Å². The first kappa shape index (κ1) is 24.0. The lowest BCUT2D eigenvalue weighted by Crippen LogP contribution is -2.54. The van der Waals surface area contributed by atoms with Gasteiger partial charge in [-0.3, -0.25) is 25.4 Å². The minimum Gasteiger partial charge on any atom is -0.306 e. The number of benzene rings is 2. The molecule has 1 heterocycles. The predicted molar refractivity (Wildman–Crippen MR) is 126 cm³/mol. The molecule has 0 aliphatic carbocycles. The van der Waals surface area contributed by atoms with Crippen LogP contribution in [0.4, 0.5) is 21.9 Å². The van der Waals surface area contributed by atoms with Gasteiger partial charge in [0, 0.05) is 30.0 Å². The van der Waals surface area contributed by atoms with E-state index in [1.165, 1.54) is 71.5 Å². The first-order valence-electron chi connectivity index (χ1n) is 9.34. The van der Waals surface area contributed by atoms with Gasteiger partial charge in [0.15, 0.2) is 10.5 Å². The highest BCUT2D eigenvalue weighted by Gasteiger charge is 2.50. The second-order valence-electron chi connectivity index (χ2n) is 7.36. The van der Waals surface area contributed by atoms with Gasteiger partial charge in [-0.15, -0.1) is 0 Å². The summed E-state index contributed by atoms with van der Waals surface area (Å²) < 4.78 is -0.434. The second kappa shape index (κ2) is 9.48. The van der Waals surface area contributed by atoms with Crippen molar-refractivity contribution in [1.29, 1.82) is 0 Å². The number of nitrogens with one attached hydrogen (secondary N) is 1. The Hall–Kier alpha value is -3.62. The van der Waals surface area contributed by atoms with E-state index < -0.39 is 26.8 Å². The Balaban J connectivity index is 1.78. The molecule has 0 radical (unpaired) electrons. The molecule has 2 N–H and O–H groups in total. The number of rotatable bonds is 6. The quantitative estimate of drug-likeness (QED) is 0.199. The lowest BCUT2D eigenvalue weighted by molar-refractivity contribution is -0.385. The highest BCUT2D eigenvalue weighted by atomic mass is 32.2. The van der Waals surface area contributed by atoms with Crippen LogP contribution in [0.1, 0.15) is 19.4 Å². The number of nitro benzene ring substituents is 2. The average Bonchev–Trinajstić information content (AvgIpc) is 2.99. The molecule has 1 aliphatic heterocycles. The van der Waals surface area contributed by atoms with Crippen LogP contribution in [0.3, 0.4) is 0 Å². The largest absolute Gasteiger partial charge is 0.347 e. The minimum atomic E-state index is -0.984. The number of anilines is 1. The van der Waals surface area contributed by atoms with Crippen LogP contribution < -0.4 is 5.32 Å². The number of hydrogen-bond donors (Lipinski definition) is 2. The monoisotopic (exact) mass is 490 g/mol. The van der Waals surface area contributed by atoms with Gasteiger partial charge in [0.05, 0.1) is 20.8 Å². The standard InChI is InChI=1S/C19H18N6O6S2/c1-19(2)16(23(27)17(26)21-13-5-9-15(10-6-13)25(30)31)22(18(32)33-19)20-11-12-3-7-14(8-4-12)24(28)29/h3-11,16,27H,1-2H3,(H,21,26)/b20-11-/t16-/m0/s1. The molecule has 0 saturated carbocycles. The van der Waals surface area contributed by atoms with Gasteiger partial charge in [0.1, 0.15) is 0 Å². The fraction of sp³-hybridized carbons (Fsp3) is 0.211. The molecule has 0 unspecified atom stereocenters. The van der Waals surface area contributed by atoms with Gasteiger partial charge in [-0.1, -0.05) is 24.0 Å². The van der Waals surface area contributed by atoms with Crippen molar-refractivity contribution in [2.24, 2.45) is 5.10 Å². The number of urea groups is 1. The molecule has 2 aromatic carbocycles. The lowest BCUT2D eigenvalue weighted by atomic mass is 10.1. The van der Waals surface area contributed by atoms with Crippen LogP contribution in [-0.2, 0) is 0 Å². The van der Waals surface area contributed by atoms with E-state index in [4.69, 9.17) is 12.2 Å². The molecule has 172 valence electrons. The first-order valence-corrected chi connectivity index (χ1v) is 10.6. The molecule has 0 bridgehead atoms. The molecule has 14 heteroatoms. The average molecular weight is 491 g/mol. The number of non-ortho nitro benzene ring substituents is 2. The molecule has 2 aromatic rings. The van der Waals surface area contributed by atoms with Crippen molar-refractivity contribution in [3.63, 3.8) is 0 Å². The maximum absolute atomic E-state index is 12.7. The number of hydroxylamine groups is 2. The summed E-state index contributed by atoms with van der Waals surface area (Å²) in [6, 6.07) is 9.92. The summed E-state index contributed by atoms with van der Waals surface area (Å²) in [5.41, 5.74) is 0.593. The zero-order chi connectivity index (χ0) is 24.3. The number of nitrogens with zero attached hydrogens (tertiary/aromatic N) is 5. The third kappa shape index (κ3) is 5.42. The van der Waals surface area contributed by atoms with Crippen LogP contribution in [0, 0.1) is 20.2 Å². The molecule has 0 spiro atoms. The van der Waals surface area contributed by atoms with Gasteiger partial charge in [0.2, 0.25) is 0 Å². The number of amides is 2. The van der Waals surface area contributed by atoms with E-state index in [-0.39, 0.29) is 17.1 Å². The molecule has 0 aromatic heterocycles. The van der Waals surface area contributed by atoms with E-state index in [9.17, 15) is 30.2 Å². The third-order valence-corrected chi connectivity index (χ3v) is 6.13. The van der Waals surface area contributed by atoms with E-state index in [2.05, 4.69) is 10.4 Å². The van der Waals surface area contributed by atoms with Crippen LogP contribution in [0.25, 0.3) is 0 Å². The van der Waals surface area contributed by atoms with Crippen LogP contribution in [0.15, 0.2) is 53.6 Å². The van der Waals surface area contributed by atoms with Gasteiger partial charge >= 0.3 is 6.03 Å². The summed E-state index contributed by atoms with van der Waals surface area (Å²) in [6.07, 6.45) is 0.426. The van der Waals surface area contributed by atoms with Gasteiger partial charge in [0.25, 0.3) is 11.4 Å². The molecular weight excluding hydrogens is 472 g/mol. The van der Waals surface area contributed by atoms with Crippen LogP contribution >= 0.6 is 24.0 Å². The Morgan fingerprint density at radius 1 is 1.15 bits per heavy atom. The number of thiocarbonyl (C=S) groups is 1. The number of hydrogen-bond acceptors (Lipinski definition) is 9. The fourth-order valence-corrected chi connectivity index (χ4v) is 4.78. The summed E-state index contributed by atoms with van der Waals surface area (Å²) in [5, 5.41) is 40.8.